The van der Waals surface area contributed by atoms with Gasteiger partial charge in [-0.3, -0.25) is 0 Å². The molecule has 0 unspecified atom stereocenters. The predicted octanol–water partition coefficient (Wildman–Crippen LogP) is 2.06. The lowest BCUT2D eigenvalue weighted by Gasteiger charge is -2.02. The van der Waals surface area contributed by atoms with E-state index in [1.807, 2.05) is 30.3 Å². The van der Waals surface area contributed by atoms with Crippen molar-refractivity contribution < 1.29 is 4.74 Å². The van der Waals surface area contributed by atoms with Gasteiger partial charge in [-0.05, 0) is 11.6 Å². The molecular weight excluding hydrogens is 176 g/mol. The van der Waals surface area contributed by atoms with E-state index in [4.69, 9.17) is 4.74 Å². The Labute approximate surface area is 82.4 Å². The normalized spacial score (nSPS) is 9.71. The molecule has 0 atom stereocenters. The van der Waals surface area contributed by atoms with Crippen LogP contribution in [0.5, 0.6) is 6.01 Å². The molecule has 1 aromatic heterocycles. The number of benzene rings is 1. The van der Waals surface area contributed by atoms with Gasteiger partial charge in [0.15, 0.2) is 0 Å². The van der Waals surface area contributed by atoms with E-state index in [1.54, 1.807) is 18.5 Å². The number of nitrogens with zero attached hydrogens (tertiary/aromatic N) is 2. The lowest BCUT2D eigenvalue weighted by atomic mass is 10.2. The summed E-state index contributed by atoms with van der Waals surface area (Å²) in [6, 6.07) is 12.1. The minimum atomic E-state index is 0.413. The zero-order chi connectivity index (χ0) is 9.64. The highest BCUT2D eigenvalue weighted by Crippen LogP contribution is 2.04. The van der Waals surface area contributed by atoms with Crippen LogP contribution in [0, 0.1) is 0 Å². The molecule has 2 rings (SSSR count). The van der Waals surface area contributed by atoms with E-state index in [1.165, 1.54) is 0 Å². The van der Waals surface area contributed by atoms with E-state index in [-0.39, 0.29) is 0 Å². The van der Waals surface area contributed by atoms with Gasteiger partial charge in [0.25, 0.3) is 0 Å². The summed E-state index contributed by atoms with van der Waals surface area (Å²) >= 11 is 0. The fourth-order valence-corrected chi connectivity index (χ4v) is 1.08. The Morgan fingerprint density at radius 1 is 0.929 bits per heavy atom. The first-order chi connectivity index (χ1) is 6.95. The molecule has 0 fully saturated rings. The Morgan fingerprint density at radius 3 is 2.36 bits per heavy atom. The molecule has 70 valence electrons. The number of aromatic nitrogens is 2. The predicted molar refractivity (Wildman–Crippen MR) is 52.8 cm³/mol. The van der Waals surface area contributed by atoms with Crippen molar-refractivity contribution in [1.82, 2.24) is 9.97 Å². The molecule has 2 aromatic rings. The molecule has 0 amide bonds. The van der Waals surface area contributed by atoms with Crippen molar-refractivity contribution in [1.29, 1.82) is 0 Å². The molecule has 0 spiro atoms. The Balaban J connectivity index is 1.96. The van der Waals surface area contributed by atoms with Gasteiger partial charge in [-0.25, -0.2) is 9.97 Å². The van der Waals surface area contributed by atoms with Crippen LogP contribution in [0.3, 0.4) is 0 Å². The highest BCUT2D eigenvalue weighted by atomic mass is 16.5. The van der Waals surface area contributed by atoms with Crippen LogP contribution in [-0.4, -0.2) is 9.97 Å². The van der Waals surface area contributed by atoms with Crippen molar-refractivity contribution in [2.75, 3.05) is 0 Å². The summed E-state index contributed by atoms with van der Waals surface area (Å²) in [7, 11) is 0. The molecule has 0 radical (unpaired) electrons. The second kappa shape index (κ2) is 4.37. The standard InChI is InChI=1S/C11H10N2O/c1-2-5-10(6-3-1)9-14-11-12-7-4-8-13-11/h1-8H,9H2. The summed E-state index contributed by atoms with van der Waals surface area (Å²) < 4.78 is 5.37. The molecule has 0 saturated carbocycles. The quantitative estimate of drug-likeness (QED) is 0.735. The SMILES string of the molecule is c1ccc(COc2ncccn2)cc1. The van der Waals surface area contributed by atoms with Crippen molar-refractivity contribution in [3.63, 3.8) is 0 Å². The zero-order valence-corrected chi connectivity index (χ0v) is 7.63. The maximum absolute atomic E-state index is 5.37. The molecule has 0 saturated heterocycles. The summed E-state index contributed by atoms with van der Waals surface area (Å²) in [6.07, 6.45) is 3.32. The molecule has 0 aliphatic rings. The summed E-state index contributed by atoms with van der Waals surface area (Å²) in [5.41, 5.74) is 1.11. The van der Waals surface area contributed by atoms with Gasteiger partial charge in [0.05, 0.1) is 0 Å². The van der Waals surface area contributed by atoms with Crippen LogP contribution in [0.15, 0.2) is 48.8 Å². The van der Waals surface area contributed by atoms with Crippen LogP contribution in [0.1, 0.15) is 5.56 Å². The van der Waals surface area contributed by atoms with Crippen LogP contribution >= 0.6 is 0 Å². The van der Waals surface area contributed by atoms with Crippen molar-refractivity contribution in [3.05, 3.63) is 54.4 Å². The summed E-state index contributed by atoms with van der Waals surface area (Å²) in [5, 5.41) is 0. The van der Waals surface area contributed by atoms with Gasteiger partial charge in [-0.1, -0.05) is 30.3 Å². The topological polar surface area (TPSA) is 35.0 Å². The van der Waals surface area contributed by atoms with Crippen molar-refractivity contribution in [2.24, 2.45) is 0 Å². The minimum Gasteiger partial charge on any atom is -0.459 e. The Bertz CT molecular complexity index is 336. The summed E-state index contributed by atoms with van der Waals surface area (Å²) in [4.78, 5) is 7.92. The van der Waals surface area contributed by atoms with E-state index >= 15 is 0 Å². The largest absolute Gasteiger partial charge is 0.459 e. The Hall–Kier alpha value is -1.90. The van der Waals surface area contributed by atoms with E-state index in [9.17, 15) is 0 Å². The highest BCUT2D eigenvalue weighted by molar-refractivity contribution is 5.14. The van der Waals surface area contributed by atoms with Crippen molar-refractivity contribution >= 4 is 0 Å². The first kappa shape index (κ1) is 8.69. The molecule has 3 heteroatoms. The van der Waals surface area contributed by atoms with Crippen LogP contribution in [0.25, 0.3) is 0 Å². The lowest BCUT2D eigenvalue weighted by molar-refractivity contribution is 0.280. The molecule has 0 aliphatic heterocycles. The minimum absolute atomic E-state index is 0.413. The second-order valence-corrected chi connectivity index (χ2v) is 2.81. The van der Waals surface area contributed by atoms with Gasteiger partial charge in [0, 0.05) is 12.4 Å². The van der Waals surface area contributed by atoms with Gasteiger partial charge >= 0.3 is 6.01 Å². The fraction of sp³-hybridized carbons (Fsp3) is 0.0909. The molecule has 14 heavy (non-hydrogen) atoms. The van der Waals surface area contributed by atoms with E-state index in [2.05, 4.69) is 9.97 Å². The summed E-state index contributed by atoms with van der Waals surface area (Å²) in [5.74, 6) is 0. The average Bonchev–Trinajstić information content (AvgIpc) is 2.29. The molecule has 1 heterocycles. The zero-order valence-electron chi connectivity index (χ0n) is 7.63. The number of hydrogen-bond donors (Lipinski definition) is 0. The van der Waals surface area contributed by atoms with Gasteiger partial charge in [-0.2, -0.15) is 0 Å². The molecule has 3 nitrogen and oxygen atoms in total. The third kappa shape index (κ3) is 2.29. The number of ether oxygens (including phenoxy) is 1. The fourth-order valence-electron chi connectivity index (χ4n) is 1.08. The van der Waals surface area contributed by atoms with Gasteiger partial charge in [0.2, 0.25) is 0 Å². The third-order valence-electron chi connectivity index (χ3n) is 1.75. The molecule has 0 N–H and O–H groups in total. The van der Waals surface area contributed by atoms with Crippen molar-refractivity contribution in [3.8, 4) is 6.01 Å². The smallest absolute Gasteiger partial charge is 0.316 e. The van der Waals surface area contributed by atoms with Gasteiger partial charge < -0.3 is 4.74 Å². The average molecular weight is 186 g/mol. The van der Waals surface area contributed by atoms with Gasteiger partial charge in [-0.15, -0.1) is 0 Å². The lowest BCUT2D eigenvalue weighted by Crippen LogP contribution is -1.98. The van der Waals surface area contributed by atoms with E-state index < -0.39 is 0 Å². The molecule has 1 aromatic carbocycles. The number of hydrogen-bond acceptors (Lipinski definition) is 3. The molecule has 0 bridgehead atoms. The van der Waals surface area contributed by atoms with E-state index in [0.717, 1.165) is 5.56 Å². The highest BCUT2D eigenvalue weighted by Gasteiger charge is 1.95. The molecule has 0 aliphatic carbocycles. The van der Waals surface area contributed by atoms with Crippen LogP contribution in [0.4, 0.5) is 0 Å². The first-order valence-corrected chi connectivity index (χ1v) is 4.39. The summed E-state index contributed by atoms with van der Waals surface area (Å²) in [6.45, 7) is 0.505. The maximum Gasteiger partial charge on any atom is 0.316 e. The first-order valence-electron chi connectivity index (χ1n) is 4.39. The Kier molecular flexibility index (Phi) is 2.71. The second-order valence-electron chi connectivity index (χ2n) is 2.81. The van der Waals surface area contributed by atoms with E-state index in [0.29, 0.717) is 12.6 Å². The monoisotopic (exact) mass is 186 g/mol. The van der Waals surface area contributed by atoms with Gasteiger partial charge in [0.1, 0.15) is 6.61 Å². The maximum atomic E-state index is 5.37. The van der Waals surface area contributed by atoms with Crippen LogP contribution in [0.2, 0.25) is 0 Å². The Morgan fingerprint density at radius 2 is 1.64 bits per heavy atom. The third-order valence-corrected chi connectivity index (χ3v) is 1.75. The van der Waals surface area contributed by atoms with Crippen molar-refractivity contribution in [2.45, 2.75) is 6.61 Å². The van der Waals surface area contributed by atoms with Crippen LogP contribution < -0.4 is 4.74 Å². The van der Waals surface area contributed by atoms with Crippen LogP contribution in [-0.2, 0) is 6.61 Å². The number of rotatable bonds is 3. The molecular formula is C11H10N2O.